The number of nitrogens with one attached hydrogen (secondary N) is 2. The Morgan fingerprint density at radius 3 is 2.41 bits per heavy atom. The molecular formula is C24H26N6O3S. The minimum Gasteiger partial charge on any atom is -0.489 e. The molecule has 0 aliphatic rings. The molecule has 0 fully saturated rings. The monoisotopic (exact) mass is 478 g/mol. The van der Waals surface area contributed by atoms with E-state index in [9.17, 15) is 8.42 Å². The van der Waals surface area contributed by atoms with Gasteiger partial charge in [-0.25, -0.2) is 13.4 Å². The molecule has 2 heterocycles. The van der Waals surface area contributed by atoms with Gasteiger partial charge in [-0.1, -0.05) is 36.4 Å². The van der Waals surface area contributed by atoms with Gasteiger partial charge in [0, 0.05) is 17.3 Å². The molecule has 4 aromatic rings. The third-order valence-electron chi connectivity index (χ3n) is 5.52. The Hall–Kier alpha value is -3.63. The van der Waals surface area contributed by atoms with Crippen molar-refractivity contribution in [3.8, 4) is 17.1 Å². The number of nitrogens with zero attached hydrogens (tertiary/aromatic N) is 4. The second-order valence-corrected chi connectivity index (χ2v) is 10.2. The molecule has 10 heteroatoms. The molecule has 0 spiro atoms. The molecular weight excluding hydrogens is 452 g/mol. The van der Waals surface area contributed by atoms with E-state index in [-0.39, 0.29) is 5.03 Å². The van der Waals surface area contributed by atoms with Crippen LogP contribution in [0.25, 0.3) is 11.4 Å². The fraction of sp³-hybridized carbons (Fsp3) is 0.250. The topological polar surface area (TPSA) is 123 Å². The van der Waals surface area contributed by atoms with Gasteiger partial charge in [-0.3, -0.25) is 0 Å². The number of tetrazole rings is 1. The van der Waals surface area contributed by atoms with E-state index in [1.165, 1.54) is 12.3 Å². The average Bonchev–Trinajstić information content (AvgIpc) is 3.35. The molecule has 0 amide bonds. The maximum absolute atomic E-state index is 13.0. The van der Waals surface area contributed by atoms with Gasteiger partial charge in [-0.15, -0.1) is 10.2 Å². The Morgan fingerprint density at radius 2 is 1.76 bits per heavy atom. The molecule has 0 aliphatic heterocycles. The molecule has 176 valence electrons. The minimum absolute atomic E-state index is 0.0314. The summed E-state index contributed by atoms with van der Waals surface area (Å²) in [4.78, 5) is 3.99. The molecule has 0 unspecified atom stereocenters. The quantitative estimate of drug-likeness (QED) is 0.396. The highest BCUT2D eigenvalue weighted by atomic mass is 32.2. The van der Waals surface area contributed by atoms with Gasteiger partial charge in [0.1, 0.15) is 12.4 Å². The largest absolute Gasteiger partial charge is 0.489 e. The number of sulfonamides is 1. The van der Waals surface area contributed by atoms with Crippen LogP contribution in [0, 0.1) is 13.8 Å². The van der Waals surface area contributed by atoms with E-state index in [1.807, 2.05) is 64.1 Å². The van der Waals surface area contributed by atoms with E-state index in [4.69, 9.17) is 4.74 Å². The van der Waals surface area contributed by atoms with Gasteiger partial charge in [0.15, 0.2) is 5.03 Å². The number of H-pyrrole nitrogens is 1. The number of rotatable bonds is 8. The first-order valence-corrected chi connectivity index (χ1v) is 12.2. The Balaban J connectivity index is 1.58. The van der Waals surface area contributed by atoms with Gasteiger partial charge in [0.25, 0.3) is 10.0 Å². The van der Waals surface area contributed by atoms with E-state index < -0.39 is 15.6 Å². The molecule has 2 aromatic heterocycles. The predicted molar refractivity (Wildman–Crippen MR) is 127 cm³/mol. The van der Waals surface area contributed by atoms with Gasteiger partial charge < -0.3 is 4.74 Å². The van der Waals surface area contributed by atoms with Crippen LogP contribution in [0.5, 0.6) is 5.75 Å². The van der Waals surface area contributed by atoms with Crippen LogP contribution in [-0.4, -0.2) is 34.0 Å². The lowest BCUT2D eigenvalue weighted by molar-refractivity contribution is 0.294. The fourth-order valence-electron chi connectivity index (χ4n) is 3.54. The minimum atomic E-state index is -3.84. The highest BCUT2D eigenvalue weighted by Gasteiger charge is 2.31. The van der Waals surface area contributed by atoms with Crippen molar-refractivity contribution in [3.63, 3.8) is 0 Å². The number of aromatic nitrogens is 5. The molecule has 4 rings (SSSR count). The van der Waals surface area contributed by atoms with Crippen LogP contribution in [0.2, 0.25) is 0 Å². The number of aromatic amines is 1. The highest BCUT2D eigenvalue weighted by Crippen LogP contribution is 2.34. The lowest BCUT2D eigenvalue weighted by atomic mass is 9.91. The summed E-state index contributed by atoms with van der Waals surface area (Å²) in [6, 6.07) is 16.3. The summed E-state index contributed by atoms with van der Waals surface area (Å²) in [6.45, 7) is 7.92. The summed E-state index contributed by atoms with van der Waals surface area (Å²) in [5, 5.41) is 13.9. The summed E-state index contributed by atoms with van der Waals surface area (Å²) in [7, 11) is -3.84. The zero-order chi connectivity index (χ0) is 24.3. The lowest BCUT2D eigenvalue weighted by Gasteiger charge is -2.29. The van der Waals surface area contributed by atoms with E-state index >= 15 is 0 Å². The Kier molecular flexibility index (Phi) is 6.45. The van der Waals surface area contributed by atoms with Crippen molar-refractivity contribution in [2.45, 2.75) is 44.9 Å². The summed E-state index contributed by atoms with van der Waals surface area (Å²) in [5.74, 6) is 1.13. The van der Waals surface area contributed by atoms with Crippen molar-refractivity contribution in [2.24, 2.45) is 0 Å². The molecule has 34 heavy (non-hydrogen) atoms. The number of aryl methyl sites for hydroxylation is 2. The number of hydrogen-bond donors (Lipinski definition) is 2. The smallest absolute Gasteiger partial charge is 0.258 e. The molecule has 2 aromatic carbocycles. The van der Waals surface area contributed by atoms with Crippen molar-refractivity contribution in [2.75, 3.05) is 0 Å². The molecule has 9 nitrogen and oxygen atoms in total. The van der Waals surface area contributed by atoms with Crippen LogP contribution in [-0.2, 0) is 22.2 Å². The molecule has 2 N–H and O–H groups in total. The van der Waals surface area contributed by atoms with Gasteiger partial charge in [-0.05, 0) is 67.8 Å². The van der Waals surface area contributed by atoms with Crippen LogP contribution < -0.4 is 9.46 Å². The van der Waals surface area contributed by atoms with Gasteiger partial charge >= 0.3 is 0 Å². The van der Waals surface area contributed by atoms with Crippen molar-refractivity contribution in [3.05, 3.63) is 83.0 Å². The highest BCUT2D eigenvalue weighted by molar-refractivity contribution is 7.89. The first-order valence-electron chi connectivity index (χ1n) is 10.7. The standard InChI is InChI=1S/C24H26N6O3S/c1-16-13-20(24(3,4)28-34(31,32)22-7-5-6-12-25-22)21(14-17(16)2)33-15-18-8-10-19(11-9-18)23-26-29-30-27-23/h5-14,28H,15H2,1-4H3,(H,26,27,29,30). The number of pyridine rings is 1. The lowest BCUT2D eigenvalue weighted by Crippen LogP contribution is -2.41. The summed E-state index contributed by atoms with van der Waals surface area (Å²) in [5.41, 5.74) is 3.66. The van der Waals surface area contributed by atoms with E-state index in [0.717, 1.165) is 27.8 Å². The van der Waals surface area contributed by atoms with Crippen molar-refractivity contribution in [1.29, 1.82) is 0 Å². The van der Waals surface area contributed by atoms with Gasteiger partial charge in [0.05, 0.1) is 5.54 Å². The molecule has 0 aliphatic carbocycles. The van der Waals surface area contributed by atoms with Crippen molar-refractivity contribution < 1.29 is 13.2 Å². The normalized spacial score (nSPS) is 12.0. The number of hydrogen-bond acceptors (Lipinski definition) is 7. The molecule has 0 radical (unpaired) electrons. The Morgan fingerprint density at radius 1 is 1.03 bits per heavy atom. The second-order valence-electron chi connectivity index (χ2n) is 8.55. The zero-order valence-electron chi connectivity index (χ0n) is 19.4. The summed E-state index contributed by atoms with van der Waals surface area (Å²) < 4.78 is 34.9. The summed E-state index contributed by atoms with van der Waals surface area (Å²) >= 11 is 0. The Bertz CT molecular complexity index is 1370. The average molecular weight is 479 g/mol. The van der Waals surface area contributed by atoms with Crippen molar-refractivity contribution >= 4 is 10.0 Å². The zero-order valence-corrected chi connectivity index (χ0v) is 20.2. The van der Waals surface area contributed by atoms with Crippen molar-refractivity contribution in [1.82, 2.24) is 30.3 Å². The third kappa shape index (κ3) is 5.13. The van der Waals surface area contributed by atoms with Crippen LogP contribution >= 0.6 is 0 Å². The molecule has 0 saturated carbocycles. The Labute approximate surface area is 198 Å². The van der Waals surface area contributed by atoms with Crippen LogP contribution in [0.4, 0.5) is 0 Å². The fourth-order valence-corrected chi connectivity index (χ4v) is 4.89. The maximum Gasteiger partial charge on any atom is 0.258 e. The molecule has 0 bridgehead atoms. The van der Waals surface area contributed by atoms with Crippen LogP contribution in [0.1, 0.15) is 36.1 Å². The number of ether oxygens (including phenoxy) is 1. The van der Waals surface area contributed by atoms with E-state index in [0.29, 0.717) is 18.2 Å². The van der Waals surface area contributed by atoms with Gasteiger partial charge in [-0.2, -0.15) is 9.94 Å². The molecule has 0 atom stereocenters. The SMILES string of the molecule is Cc1cc(OCc2ccc(-c3nn[nH]n3)cc2)c(C(C)(C)NS(=O)(=O)c2ccccn2)cc1C. The summed E-state index contributed by atoms with van der Waals surface area (Å²) in [6.07, 6.45) is 1.45. The first-order chi connectivity index (χ1) is 16.2. The van der Waals surface area contributed by atoms with Gasteiger partial charge in [0.2, 0.25) is 5.82 Å². The number of benzene rings is 2. The maximum atomic E-state index is 13.0. The third-order valence-corrected chi connectivity index (χ3v) is 7.09. The van der Waals surface area contributed by atoms with Crippen LogP contribution in [0.3, 0.4) is 0 Å². The predicted octanol–water partition coefficient (Wildman–Crippen LogP) is 3.67. The van der Waals surface area contributed by atoms with Crippen LogP contribution in [0.15, 0.2) is 65.8 Å². The second kappa shape index (κ2) is 9.32. The van der Waals surface area contributed by atoms with E-state index in [1.54, 1.807) is 12.1 Å². The van der Waals surface area contributed by atoms with E-state index in [2.05, 4.69) is 30.3 Å². The molecule has 0 saturated heterocycles. The first kappa shape index (κ1) is 23.5.